The number of ether oxygens (including phenoxy) is 1. The van der Waals surface area contributed by atoms with Crippen molar-refractivity contribution >= 4 is 24.8 Å². The van der Waals surface area contributed by atoms with Gasteiger partial charge < -0.3 is 20.1 Å². The van der Waals surface area contributed by atoms with Crippen molar-refractivity contribution in [2.75, 3.05) is 34.8 Å². The lowest BCUT2D eigenvalue weighted by Crippen LogP contribution is -2.48. The zero-order valence-corrected chi connectivity index (χ0v) is 16.0. The first kappa shape index (κ1) is 22.5. The number of benzene rings is 1. The number of nitrogens with zero attached hydrogens (tertiary/aromatic N) is 1. The number of rotatable bonds is 5. The molecular formula is C17H30Cl2N2O2. The normalized spacial score (nSPS) is 27.0. The number of hydrogen-bond acceptors (Lipinski definition) is 4. The molecule has 1 aliphatic carbocycles. The summed E-state index contributed by atoms with van der Waals surface area (Å²) in [7, 11) is 7.80. The van der Waals surface area contributed by atoms with Crippen molar-refractivity contribution in [3.8, 4) is 5.75 Å². The topological polar surface area (TPSA) is 44.7 Å². The third-order valence-electron chi connectivity index (χ3n) is 4.68. The van der Waals surface area contributed by atoms with Crippen LogP contribution in [0.2, 0.25) is 0 Å². The van der Waals surface area contributed by atoms with Crippen molar-refractivity contribution in [1.82, 2.24) is 10.2 Å². The summed E-state index contributed by atoms with van der Waals surface area (Å²) in [5.41, 5.74) is 0.204. The minimum atomic E-state index is -0.772. The predicted molar refractivity (Wildman–Crippen MR) is 100 cm³/mol. The summed E-state index contributed by atoms with van der Waals surface area (Å²) in [6.07, 6.45) is 2.76. The molecule has 0 spiro atoms. The van der Waals surface area contributed by atoms with Crippen molar-refractivity contribution in [3.05, 3.63) is 29.8 Å². The summed E-state index contributed by atoms with van der Waals surface area (Å²) in [5, 5.41) is 14.7. The average Bonchev–Trinajstić information content (AvgIpc) is 2.49. The molecule has 1 fully saturated rings. The second kappa shape index (κ2) is 9.70. The van der Waals surface area contributed by atoms with Gasteiger partial charge in [0.05, 0.1) is 12.7 Å². The van der Waals surface area contributed by atoms with Crippen molar-refractivity contribution in [1.29, 1.82) is 0 Å². The fraction of sp³-hybridized carbons (Fsp3) is 0.647. The molecule has 1 saturated carbocycles. The first-order valence-electron chi connectivity index (χ1n) is 7.68. The molecule has 0 saturated heterocycles. The molecule has 1 aromatic rings. The summed E-state index contributed by atoms with van der Waals surface area (Å²) in [5.74, 6) is 1.02. The van der Waals surface area contributed by atoms with Crippen LogP contribution in [0, 0.1) is 5.92 Å². The van der Waals surface area contributed by atoms with E-state index in [1.54, 1.807) is 7.11 Å². The fourth-order valence-corrected chi connectivity index (χ4v) is 3.46. The van der Waals surface area contributed by atoms with Gasteiger partial charge in [0.15, 0.2) is 0 Å². The summed E-state index contributed by atoms with van der Waals surface area (Å²) < 4.78 is 5.32. The predicted octanol–water partition coefficient (Wildman–Crippen LogP) is 2.68. The lowest BCUT2D eigenvalue weighted by Gasteiger charge is -2.44. The van der Waals surface area contributed by atoms with Crippen molar-refractivity contribution in [2.24, 2.45) is 5.92 Å². The van der Waals surface area contributed by atoms with E-state index in [4.69, 9.17) is 4.74 Å². The zero-order chi connectivity index (χ0) is 15.5. The van der Waals surface area contributed by atoms with Crippen molar-refractivity contribution in [3.63, 3.8) is 0 Å². The molecule has 1 aliphatic rings. The van der Waals surface area contributed by atoms with E-state index >= 15 is 0 Å². The first-order valence-corrected chi connectivity index (χ1v) is 7.68. The number of methoxy groups -OCH3 is 1. The van der Waals surface area contributed by atoms with Crippen LogP contribution in [-0.2, 0) is 5.60 Å². The van der Waals surface area contributed by atoms with Gasteiger partial charge in [-0.1, -0.05) is 12.1 Å². The Kier molecular flexibility index (Phi) is 9.48. The number of nitrogens with one attached hydrogen (secondary N) is 1. The maximum absolute atomic E-state index is 11.4. The molecule has 6 heteroatoms. The van der Waals surface area contributed by atoms with Crippen molar-refractivity contribution < 1.29 is 9.84 Å². The molecule has 23 heavy (non-hydrogen) atoms. The van der Waals surface area contributed by atoms with E-state index in [9.17, 15) is 5.11 Å². The maximum Gasteiger partial charge on any atom is 0.119 e. The second-order valence-electron chi connectivity index (χ2n) is 6.38. The maximum atomic E-state index is 11.4. The van der Waals surface area contributed by atoms with E-state index in [1.807, 2.05) is 31.3 Å². The molecule has 134 valence electrons. The minimum Gasteiger partial charge on any atom is -0.497 e. The van der Waals surface area contributed by atoms with Gasteiger partial charge in [0.1, 0.15) is 5.75 Å². The van der Waals surface area contributed by atoms with Gasteiger partial charge in [0.2, 0.25) is 0 Å². The van der Waals surface area contributed by atoms with Gasteiger partial charge in [0, 0.05) is 18.5 Å². The highest BCUT2D eigenvalue weighted by atomic mass is 35.5. The second-order valence-corrected chi connectivity index (χ2v) is 6.38. The molecule has 1 aromatic carbocycles. The standard InChI is InChI=1S/C17H28N2O2.2ClH/c1-18-15-8-9-17(20,14(10-15)12-19(2)3)13-6-5-7-16(11-13)21-4;;/h5-7,11,14-15,18,20H,8-10,12H2,1-4H3;2*1H. The third kappa shape index (κ3) is 5.23. The van der Waals surface area contributed by atoms with Crippen LogP contribution in [-0.4, -0.2) is 50.8 Å². The van der Waals surface area contributed by atoms with Crippen LogP contribution in [0.25, 0.3) is 0 Å². The monoisotopic (exact) mass is 364 g/mol. The average molecular weight is 365 g/mol. The number of hydrogen-bond donors (Lipinski definition) is 2. The Morgan fingerprint density at radius 2 is 2.04 bits per heavy atom. The van der Waals surface area contributed by atoms with Crippen LogP contribution in [0.3, 0.4) is 0 Å². The van der Waals surface area contributed by atoms with Crippen LogP contribution >= 0.6 is 24.8 Å². The largest absolute Gasteiger partial charge is 0.497 e. The number of aliphatic hydroxyl groups is 1. The van der Waals surface area contributed by atoms with Crippen LogP contribution in [0.1, 0.15) is 24.8 Å². The van der Waals surface area contributed by atoms with Crippen molar-refractivity contribution in [2.45, 2.75) is 30.9 Å². The van der Waals surface area contributed by atoms with E-state index < -0.39 is 5.60 Å². The van der Waals surface area contributed by atoms with Gasteiger partial charge in [-0.25, -0.2) is 0 Å². The molecule has 0 heterocycles. The minimum absolute atomic E-state index is 0. The SMILES string of the molecule is CNC1CCC(O)(c2cccc(OC)c2)C(CN(C)C)C1.Cl.Cl. The number of halogens is 2. The van der Waals surface area contributed by atoms with E-state index in [1.165, 1.54) is 0 Å². The van der Waals surface area contributed by atoms with Gasteiger partial charge in [-0.05, 0) is 58.1 Å². The molecule has 0 bridgehead atoms. The highest BCUT2D eigenvalue weighted by molar-refractivity contribution is 5.85. The van der Waals surface area contributed by atoms with Gasteiger partial charge in [0.25, 0.3) is 0 Å². The van der Waals surface area contributed by atoms with Crippen LogP contribution in [0.5, 0.6) is 5.75 Å². The highest BCUT2D eigenvalue weighted by Crippen LogP contribution is 2.42. The lowest BCUT2D eigenvalue weighted by atomic mass is 9.69. The van der Waals surface area contributed by atoms with E-state index in [0.717, 1.165) is 37.1 Å². The Morgan fingerprint density at radius 3 is 2.61 bits per heavy atom. The quantitative estimate of drug-likeness (QED) is 0.842. The summed E-state index contributed by atoms with van der Waals surface area (Å²) in [4.78, 5) is 2.16. The fourth-order valence-electron chi connectivity index (χ4n) is 3.46. The Hall–Kier alpha value is -0.520. The smallest absolute Gasteiger partial charge is 0.119 e. The summed E-state index contributed by atoms with van der Waals surface area (Å²) >= 11 is 0. The molecular weight excluding hydrogens is 335 g/mol. The van der Waals surface area contributed by atoms with E-state index in [0.29, 0.717) is 6.04 Å². The van der Waals surface area contributed by atoms with Crippen LogP contribution < -0.4 is 10.1 Å². The molecule has 0 aromatic heterocycles. The molecule has 2 rings (SSSR count). The van der Waals surface area contributed by atoms with Crippen LogP contribution in [0.15, 0.2) is 24.3 Å². The Balaban J connectivity index is 0.00000242. The third-order valence-corrected chi connectivity index (χ3v) is 4.68. The molecule has 2 N–H and O–H groups in total. The summed E-state index contributed by atoms with van der Waals surface area (Å²) in [6, 6.07) is 8.37. The van der Waals surface area contributed by atoms with Gasteiger partial charge >= 0.3 is 0 Å². The molecule has 0 radical (unpaired) electrons. The highest BCUT2D eigenvalue weighted by Gasteiger charge is 2.43. The Bertz CT molecular complexity index is 474. The molecule has 3 unspecified atom stereocenters. The van der Waals surface area contributed by atoms with Gasteiger partial charge in [-0.2, -0.15) is 0 Å². The van der Waals surface area contributed by atoms with E-state index in [2.05, 4.69) is 24.3 Å². The Labute approximate surface area is 152 Å². The van der Waals surface area contributed by atoms with E-state index in [-0.39, 0.29) is 30.7 Å². The molecule has 3 atom stereocenters. The molecule has 0 amide bonds. The van der Waals surface area contributed by atoms with Crippen LogP contribution in [0.4, 0.5) is 0 Å². The zero-order valence-electron chi connectivity index (χ0n) is 14.4. The summed E-state index contributed by atoms with van der Waals surface area (Å²) in [6.45, 7) is 0.881. The first-order chi connectivity index (χ1) is 9.99. The molecule has 0 aliphatic heterocycles. The lowest BCUT2D eigenvalue weighted by molar-refractivity contribution is -0.0687. The molecule has 4 nitrogen and oxygen atoms in total. The Morgan fingerprint density at radius 1 is 1.35 bits per heavy atom. The van der Waals surface area contributed by atoms with Gasteiger partial charge in [-0.15, -0.1) is 24.8 Å². The van der Waals surface area contributed by atoms with Gasteiger partial charge in [-0.3, -0.25) is 0 Å².